The van der Waals surface area contributed by atoms with Gasteiger partial charge in [-0.05, 0) is 61.8 Å². The number of nitro benzene ring substituents is 1. The van der Waals surface area contributed by atoms with Gasteiger partial charge in [0.1, 0.15) is 0 Å². The van der Waals surface area contributed by atoms with Gasteiger partial charge in [-0.3, -0.25) is 15.1 Å². The molecule has 5 fully saturated rings. The number of hydrogen-bond acceptors (Lipinski definition) is 5. The lowest BCUT2D eigenvalue weighted by molar-refractivity contribution is -0.384. The Morgan fingerprint density at radius 3 is 2.24 bits per heavy atom. The minimum absolute atomic E-state index is 0.148. The standard InChI is InChI=1S/C22H29N3O3S/c26-25(27)20-3-1-16(2-4-20)15-29-21(24-5-7-28-8-6-24)23-22-12-17-9-18(13-22)11-19(10-17)14-22/h1-4,17-19H,5-15H2. The predicted octanol–water partition coefficient (Wildman–Crippen LogP) is 4.49. The summed E-state index contributed by atoms with van der Waals surface area (Å²) in [5.41, 5.74) is 1.41. The van der Waals surface area contributed by atoms with Crippen LogP contribution in [0.25, 0.3) is 0 Å². The van der Waals surface area contributed by atoms with Gasteiger partial charge in [-0.15, -0.1) is 0 Å². The first-order chi connectivity index (χ1) is 14.1. The fourth-order valence-electron chi connectivity index (χ4n) is 6.22. The molecule has 1 saturated heterocycles. The minimum atomic E-state index is -0.343. The fourth-order valence-corrected chi connectivity index (χ4v) is 7.33. The molecule has 7 heteroatoms. The van der Waals surface area contributed by atoms with Crippen molar-refractivity contribution < 1.29 is 9.66 Å². The number of ether oxygens (including phenoxy) is 1. The first kappa shape index (κ1) is 19.4. The highest BCUT2D eigenvalue weighted by Crippen LogP contribution is 2.57. The Kier molecular flexibility index (Phi) is 5.28. The van der Waals surface area contributed by atoms with Crippen molar-refractivity contribution in [2.24, 2.45) is 22.7 Å². The molecule has 5 aliphatic rings. The molecule has 0 atom stereocenters. The molecule has 6 rings (SSSR count). The number of amidine groups is 1. The Labute approximate surface area is 176 Å². The van der Waals surface area contributed by atoms with E-state index in [1.807, 2.05) is 12.1 Å². The lowest BCUT2D eigenvalue weighted by atomic mass is 9.53. The maximum Gasteiger partial charge on any atom is 0.269 e. The van der Waals surface area contributed by atoms with Crippen LogP contribution in [0.4, 0.5) is 5.69 Å². The number of benzene rings is 1. The molecule has 4 saturated carbocycles. The SMILES string of the molecule is O=[N+]([O-])c1ccc(CSC(=NC23CC4CC(CC(C4)C2)C3)N2CCOCC2)cc1. The summed E-state index contributed by atoms with van der Waals surface area (Å²) in [6.45, 7) is 3.33. The summed E-state index contributed by atoms with van der Waals surface area (Å²) in [6, 6.07) is 6.93. The highest BCUT2D eigenvalue weighted by molar-refractivity contribution is 8.13. The smallest absolute Gasteiger partial charge is 0.269 e. The molecule has 4 bridgehead atoms. The van der Waals surface area contributed by atoms with E-state index < -0.39 is 0 Å². The summed E-state index contributed by atoms with van der Waals surface area (Å²) in [6.07, 6.45) is 8.09. The zero-order valence-electron chi connectivity index (χ0n) is 16.8. The Morgan fingerprint density at radius 2 is 1.69 bits per heavy atom. The number of nitro groups is 1. The van der Waals surface area contributed by atoms with E-state index in [2.05, 4.69) is 4.90 Å². The Bertz CT molecular complexity index is 754. The van der Waals surface area contributed by atoms with Gasteiger partial charge in [0.05, 0.1) is 23.7 Å². The molecule has 1 aromatic rings. The molecule has 0 amide bonds. The summed E-state index contributed by atoms with van der Waals surface area (Å²) in [7, 11) is 0. The van der Waals surface area contributed by atoms with Crippen LogP contribution in [0.3, 0.4) is 0 Å². The molecule has 6 nitrogen and oxygen atoms in total. The van der Waals surface area contributed by atoms with E-state index >= 15 is 0 Å². The van der Waals surface area contributed by atoms with Crippen molar-refractivity contribution in [1.29, 1.82) is 0 Å². The molecule has 29 heavy (non-hydrogen) atoms. The maximum absolute atomic E-state index is 10.9. The van der Waals surface area contributed by atoms with Crippen molar-refractivity contribution in [1.82, 2.24) is 4.90 Å². The Hall–Kier alpha value is -1.60. The van der Waals surface area contributed by atoms with Gasteiger partial charge in [0.25, 0.3) is 5.69 Å². The van der Waals surface area contributed by atoms with E-state index in [0.717, 1.165) is 60.5 Å². The van der Waals surface area contributed by atoms with Gasteiger partial charge in [0, 0.05) is 31.0 Å². The second-order valence-corrected chi connectivity index (χ2v) is 10.3. The molecule has 0 N–H and O–H groups in total. The molecule has 156 valence electrons. The van der Waals surface area contributed by atoms with Crippen molar-refractivity contribution in [2.75, 3.05) is 26.3 Å². The fraction of sp³-hybridized carbons (Fsp3) is 0.682. The third kappa shape index (κ3) is 4.17. The van der Waals surface area contributed by atoms with Crippen LogP contribution in [0.5, 0.6) is 0 Å². The zero-order chi connectivity index (χ0) is 19.8. The van der Waals surface area contributed by atoms with Gasteiger partial charge in [0.15, 0.2) is 5.17 Å². The van der Waals surface area contributed by atoms with Crippen LogP contribution in [0.15, 0.2) is 29.3 Å². The van der Waals surface area contributed by atoms with Gasteiger partial charge in [-0.25, -0.2) is 0 Å². The average Bonchev–Trinajstić information content (AvgIpc) is 2.71. The molecule has 1 aromatic carbocycles. The Balaban J connectivity index is 1.35. The van der Waals surface area contributed by atoms with E-state index in [9.17, 15) is 10.1 Å². The summed E-state index contributed by atoms with van der Waals surface area (Å²) in [4.78, 5) is 18.5. The average molecular weight is 416 g/mol. The highest BCUT2D eigenvalue weighted by atomic mass is 32.2. The third-order valence-corrected chi connectivity index (χ3v) is 8.22. The summed E-state index contributed by atoms with van der Waals surface area (Å²) in [5, 5.41) is 12.1. The van der Waals surface area contributed by atoms with Crippen LogP contribution >= 0.6 is 11.8 Å². The van der Waals surface area contributed by atoms with Crippen molar-refractivity contribution in [2.45, 2.75) is 49.8 Å². The molecule has 1 aliphatic heterocycles. The second kappa shape index (κ2) is 7.91. The summed E-state index contributed by atoms with van der Waals surface area (Å²) < 4.78 is 5.57. The van der Waals surface area contributed by atoms with Crippen molar-refractivity contribution in [3.05, 3.63) is 39.9 Å². The molecule has 4 aliphatic carbocycles. The van der Waals surface area contributed by atoms with Gasteiger partial charge in [-0.2, -0.15) is 0 Å². The third-order valence-electron chi connectivity index (χ3n) is 7.14. The monoisotopic (exact) mass is 415 g/mol. The van der Waals surface area contributed by atoms with Crippen LogP contribution in [0.1, 0.15) is 44.1 Å². The van der Waals surface area contributed by atoms with Crippen molar-refractivity contribution in [3.63, 3.8) is 0 Å². The van der Waals surface area contributed by atoms with E-state index in [4.69, 9.17) is 9.73 Å². The molecular weight excluding hydrogens is 386 g/mol. The van der Waals surface area contributed by atoms with Crippen LogP contribution in [-0.2, 0) is 10.5 Å². The van der Waals surface area contributed by atoms with Crippen LogP contribution in [-0.4, -0.2) is 46.8 Å². The molecule has 1 heterocycles. The maximum atomic E-state index is 10.9. The lowest BCUT2D eigenvalue weighted by Gasteiger charge is -2.55. The predicted molar refractivity (Wildman–Crippen MR) is 115 cm³/mol. The van der Waals surface area contributed by atoms with Crippen molar-refractivity contribution in [3.8, 4) is 0 Å². The topological polar surface area (TPSA) is 68.0 Å². The second-order valence-electron chi connectivity index (χ2n) is 9.35. The number of nitrogens with zero attached hydrogens (tertiary/aromatic N) is 3. The van der Waals surface area contributed by atoms with Crippen molar-refractivity contribution >= 4 is 22.6 Å². The molecule has 0 unspecified atom stereocenters. The molecule has 0 aromatic heterocycles. The number of morpholine rings is 1. The van der Waals surface area contributed by atoms with Gasteiger partial charge in [-0.1, -0.05) is 23.9 Å². The largest absolute Gasteiger partial charge is 0.378 e. The van der Waals surface area contributed by atoms with E-state index in [1.165, 1.54) is 38.5 Å². The quantitative estimate of drug-likeness (QED) is 0.314. The normalized spacial score (nSPS) is 33.9. The number of aliphatic imine (C=N–C) groups is 1. The minimum Gasteiger partial charge on any atom is -0.378 e. The summed E-state index contributed by atoms with van der Waals surface area (Å²) >= 11 is 1.79. The Morgan fingerprint density at radius 1 is 1.10 bits per heavy atom. The van der Waals surface area contributed by atoms with E-state index in [0.29, 0.717) is 0 Å². The van der Waals surface area contributed by atoms with Crippen LogP contribution in [0.2, 0.25) is 0 Å². The molecule has 0 spiro atoms. The van der Waals surface area contributed by atoms with E-state index in [-0.39, 0.29) is 16.1 Å². The van der Waals surface area contributed by atoms with Crippen LogP contribution < -0.4 is 0 Å². The number of non-ortho nitro benzene ring substituents is 1. The summed E-state index contributed by atoms with van der Waals surface area (Å²) in [5.74, 6) is 3.45. The van der Waals surface area contributed by atoms with Crippen LogP contribution in [0, 0.1) is 27.9 Å². The van der Waals surface area contributed by atoms with Gasteiger partial charge in [0.2, 0.25) is 0 Å². The van der Waals surface area contributed by atoms with E-state index in [1.54, 1.807) is 23.9 Å². The molecule has 0 radical (unpaired) electrons. The number of hydrogen-bond donors (Lipinski definition) is 0. The number of thioether (sulfide) groups is 1. The first-order valence-corrected chi connectivity index (χ1v) is 11.9. The number of rotatable bonds is 4. The lowest BCUT2D eigenvalue weighted by Crippen LogP contribution is -2.51. The van der Waals surface area contributed by atoms with Gasteiger partial charge < -0.3 is 9.64 Å². The highest BCUT2D eigenvalue weighted by Gasteiger charge is 2.51. The first-order valence-electron chi connectivity index (χ1n) is 10.9. The molecular formula is C22H29N3O3S. The van der Waals surface area contributed by atoms with Gasteiger partial charge >= 0.3 is 0 Å². The zero-order valence-corrected chi connectivity index (χ0v) is 17.6.